The lowest BCUT2D eigenvalue weighted by Gasteiger charge is -2.10. The minimum atomic E-state index is -4.70. The molecule has 0 saturated carbocycles. The van der Waals surface area contributed by atoms with Crippen LogP contribution in [0, 0.1) is 5.82 Å². The summed E-state index contributed by atoms with van der Waals surface area (Å²) in [5.74, 6) is -1.86. The van der Waals surface area contributed by atoms with Gasteiger partial charge in [-0.1, -0.05) is 0 Å². The fraction of sp³-hybridized carbons (Fsp3) is 0.462. The Morgan fingerprint density at radius 3 is 2.45 bits per heavy atom. The van der Waals surface area contributed by atoms with E-state index in [1.807, 2.05) is 0 Å². The van der Waals surface area contributed by atoms with Crippen molar-refractivity contribution >= 4 is 18.3 Å². The van der Waals surface area contributed by atoms with Crippen LogP contribution in [0.5, 0.6) is 0 Å². The van der Waals surface area contributed by atoms with Crippen molar-refractivity contribution in [2.24, 2.45) is 0 Å². The van der Waals surface area contributed by atoms with Crippen molar-refractivity contribution < 1.29 is 27.1 Å². The number of hydrogen-bond donors (Lipinski definition) is 2. The van der Waals surface area contributed by atoms with Crippen LogP contribution in [0.4, 0.5) is 17.6 Å². The van der Waals surface area contributed by atoms with Crippen LogP contribution >= 0.6 is 12.4 Å². The molecule has 0 atom stereocenters. The highest BCUT2D eigenvalue weighted by molar-refractivity contribution is 5.94. The van der Waals surface area contributed by atoms with Crippen LogP contribution in [0.25, 0.3) is 0 Å². The summed E-state index contributed by atoms with van der Waals surface area (Å²) in [5, 5.41) is 5.35. The third-order valence-electron chi connectivity index (χ3n) is 2.56. The van der Waals surface area contributed by atoms with Crippen LogP contribution in [-0.2, 0) is 10.9 Å². The number of rotatable bonds is 7. The molecule has 9 heteroatoms. The van der Waals surface area contributed by atoms with Gasteiger partial charge in [0, 0.05) is 32.3 Å². The molecule has 1 aromatic rings. The first-order valence-corrected chi connectivity index (χ1v) is 6.20. The first kappa shape index (κ1) is 20.6. The monoisotopic (exact) mass is 344 g/mol. The van der Waals surface area contributed by atoms with Crippen LogP contribution in [0.15, 0.2) is 18.2 Å². The summed E-state index contributed by atoms with van der Waals surface area (Å²) < 4.78 is 55.5. The Bertz CT molecular complexity index is 484. The molecule has 0 aliphatic rings. The SMILES string of the molecule is COCCNCCNC(=O)c1cc(F)cc(C(F)(F)F)c1.Cl. The van der Waals surface area contributed by atoms with E-state index in [0.717, 1.165) is 6.07 Å². The van der Waals surface area contributed by atoms with E-state index < -0.39 is 23.5 Å². The number of benzene rings is 1. The van der Waals surface area contributed by atoms with Gasteiger partial charge >= 0.3 is 6.18 Å². The first-order chi connectivity index (χ1) is 9.84. The minimum absolute atomic E-state index is 0. The number of alkyl halides is 3. The van der Waals surface area contributed by atoms with Gasteiger partial charge in [-0.25, -0.2) is 4.39 Å². The van der Waals surface area contributed by atoms with E-state index in [4.69, 9.17) is 4.74 Å². The quantitative estimate of drug-likeness (QED) is 0.589. The normalized spacial score (nSPS) is 11.0. The zero-order chi connectivity index (χ0) is 15.9. The molecule has 0 aliphatic carbocycles. The van der Waals surface area contributed by atoms with Gasteiger partial charge in [-0.15, -0.1) is 12.4 Å². The number of carbonyl (C=O) groups excluding carboxylic acids is 1. The number of nitrogens with one attached hydrogen (secondary N) is 2. The summed E-state index contributed by atoms with van der Waals surface area (Å²) in [6.07, 6.45) is -4.70. The molecule has 126 valence electrons. The molecule has 0 aromatic heterocycles. The molecule has 22 heavy (non-hydrogen) atoms. The fourth-order valence-electron chi connectivity index (χ4n) is 1.55. The summed E-state index contributed by atoms with van der Waals surface area (Å²) in [7, 11) is 1.55. The second-order valence-electron chi connectivity index (χ2n) is 4.23. The number of amides is 1. The molecular weight excluding hydrogens is 328 g/mol. The standard InChI is InChI=1S/C13H16F4N2O2.ClH/c1-21-5-4-18-2-3-19-12(20)9-6-10(13(15,16)17)8-11(14)7-9;/h6-8,18H,2-5H2,1H3,(H,19,20);1H. The van der Waals surface area contributed by atoms with Crippen molar-refractivity contribution in [2.75, 3.05) is 33.4 Å². The molecule has 0 saturated heterocycles. The predicted molar refractivity (Wildman–Crippen MR) is 75.7 cm³/mol. The van der Waals surface area contributed by atoms with Gasteiger partial charge in [0.15, 0.2) is 0 Å². The van der Waals surface area contributed by atoms with Crippen LogP contribution < -0.4 is 10.6 Å². The van der Waals surface area contributed by atoms with E-state index in [-0.39, 0.29) is 24.5 Å². The van der Waals surface area contributed by atoms with E-state index >= 15 is 0 Å². The van der Waals surface area contributed by atoms with Crippen LogP contribution in [-0.4, -0.2) is 39.3 Å². The van der Waals surface area contributed by atoms with E-state index in [2.05, 4.69) is 10.6 Å². The summed E-state index contributed by atoms with van der Waals surface area (Å²) in [6, 6.07) is 1.74. The molecule has 1 amide bonds. The highest BCUT2D eigenvalue weighted by Gasteiger charge is 2.31. The van der Waals surface area contributed by atoms with E-state index in [1.54, 1.807) is 7.11 Å². The molecule has 0 spiro atoms. The van der Waals surface area contributed by atoms with Gasteiger partial charge in [-0.05, 0) is 18.2 Å². The van der Waals surface area contributed by atoms with Gasteiger partial charge in [0.05, 0.1) is 12.2 Å². The maximum absolute atomic E-state index is 13.1. The second kappa shape index (κ2) is 9.60. The van der Waals surface area contributed by atoms with Gasteiger partial charge in [0.1, 0.15) is 5.82 Å². The zero-order valence-corrected chi connectivity index (χ0v) is 12.6. The van der Waals surface area contributed by atoms with Crippen molar-refractivity contribution in [1.29, 1.82) is 0 Å². The van der Waals surface area contributed by atoms with Gasteiger partial charge < -0.3 is 15.4 Å². The van der Waals surface area contributed by atoms with E-state index in [9.17, 15) is 22.4 Å². The Morgan fingerprint density at radius 1 is 1.18 bits per heavy atom. The first-order valence-electron chi connectivity index (χ1n) is 6.20. The molecule has 1 rings (SSSR count). The van der Waals surface area contributed by atoms with Crippen LogP contribution in [0.3, 0.4) is 0 Å². The third kappa shape index (κ3) is 7.06. The number of halogens is 5. The molecule has 1 aromatic carbocycles. The molecule has 0 bridgehead atoms. The number of methoxy groups -OCH3 is 1. The maximum Gasteiger partial charge on any atom is 0.416 e. The smallest absolute Gasteiger partial charge is 0.383 e. The third-order valence-corrected chi connectivity index (χ3v) is 2.56. The lowest BCUT2D eigenvalue weighted by molar-refractivity contribution is -0.137. The highest BCUT2D eigenvalue weighted by Crippen LogP contribution is 2.30. The molecule has 0 radical (unpaired) electrons. The summed E-state index contributed by atoms with van der Waals surface area (Å²) in [6.45, 7) is 1.73. The molecule has 4 nitrogen and oxygen atoms in total. The zero-order valence-electron chi connectivity index (χ0n) is 11.8. The summed E-state index contributed by atoms with van der Waals surface area (Å²) >= 11 is 0. The summed E-state index contributed by atoms with van der Waals surface area (Å²) in [5.41, 5.74) is -1.55. The minimum Gasteiger partial charge on any atom is -0.383 e. The average Bonchev–Trinajstić information content (AvgIpc) is 2.40. The van der Waals surface area contributed by atoms with Crippen molar-refractivity contribution in [3.63, 3.8) is 0 Å². The molecule has 0 unspecified atom stereocenters. The molecule has 0 fully saturated rings. The topological polar surface area (TPSA) is 50.4 Å². The lowest BCUT2D eigenvalue weighted by Crippen LogP contribution is -2.33. The Morgan fingerprint density at radius 2 is 1.86 bits per heavy atom. The van der Waals surface area contributed by atoms with Crippen molar-refractivity contribution in [2.45, 2.75) is 6.18 Å². The fourth-order valence-corrected chi connectivity index (χ4v) is 1.55. The maximum atomic E-state index is 13.1. The molecule has 0 heterocycles. The predicted octanol–water partition coefficient (Wildman–Crippen LogP) is 2.23. The van der Waals surface area contributed by atoms with Crippen molar-refractivity contribution in [1.82, 2.24) is 10.6 Å². The van der Waals surface area contributed by atoms with Gasteiger partial charge in [-0.3, -0.25) is 4.79 Å². The van der Waals surface area contributed by atoms with E-state index in [0.29, 0.717) is 31.8 Å². The van der Waals surface area contributed by atoms with Gasteiger partial charge in [-0.2, -0.15) is 13.2 Å². The Hall–Kier alpha value is -1.38. The number of carbonyl (C=O) groups is 1. The summed E-state index contributed by atoms with van der Waals surface area (Å²) in [4.78, 5) is 11.7. The largest absolute Gasteiger partial charge is 0.416 e. The highest BCUT2D eigenvalue weighted by atomic mass is 35.5. The van der Waals surface area contributed by atoms with Gasteiger partial charge in [0.25, 0.3) is 5.91 Å². The average molecular weight is 345 g/mol. The molecule has 0 aliphatic heterocycles. The number of hydrogen-bond acceptors (Lipinski definition) is 3. The Labute approximate surface area is 131 Å². The Balaban J connectivity index is 0.00000441. The number of ether oxygens (including phenoxy) is 1. The lowest BCUT2D eigenvalue weighted by atomic mass is 10.1. The van der Waals surface area contributed by atoms with Crippen molar-refractivity contribution in [3.8, 4) is 0 Å². The van der Waals surface area contributed by atoms with Crippen LogP contribution in [0.2, 0.25) is 0 Å². The molecule has 2 N–H and O–H groups in total. The van der Waals surface area contributed by atoms with Crippen molar-refractivity contribution in [3.05, 3.63) is 35.1 Å². The van der Waals surface area contributed by atoms with E-state index in [1.165, 1.54) is 0 Å². The van der Waals surface area contributed by atoms with Gasteiger partial charge in [0.2, 0.25) is 0 Å². The second-order valence-corrected chi connectivity index (χ2v) is 4.23. The Kier molecular flexibility index (Phi) is 9.00. The molecular formula is C13H17ClF4N2O2. The van der Waals surface area contributed by atoms with Crippen LogP contribution in [0.1, 0.15) is 15.9 Å².